The predicted molar refractivity (Wildman–Crippen MR) is 83.2 cm³/mol. The first-order valence-electron chi connectivity index (χ1n) is 6.91. The maximum atomic E-state index is 4.45. The normalized spacial score (nSPS) is 16.3. The molecule has 0 saturated carbocycles. The number of hydrogen-bond donors (Lipinski definition) is 2. The van der Waals surface area contributed by atoms with E-state index in [0.717, 1.165) is 31.1 Å². The fraction of sp³-hybridized carbons (Fsp3) is 0.692. The fourth-order valence-corrected chi connectivity index (χ4v) is 3.04. The Labute approximate surface area is 119 Å². The van der Waals surface area contributed by atoms with E-state index in [2.05, 4.69) is 25.5 Å². The largest absolute Gasteiger partial charge is 0.369 e. The molecule has 2 N–H and O–H groups in total. The smallest absolute Gasteiger partial charge is 0.224 e. The maximum absolute atomic E-state index is 4.45. The zero-order chi connectivity index (χ0) is 13.5. The van der Waals surface area contributed by atoms with Crippen LogP contribution in [0.15, 0.2) is 6.07 Å². The molecule has 1 aliphatic rings. The van der Waals surface area contributed by atoms with Gasteiger partial charge in [-0.05, 0) is 13.8 Å². The van der Waals surface area contributed by atoms with Crippen LogP contribution in [0.2, 0.25) is 0 Å². The molecule has 2 rings (SSSR count). The molecule has 1 saturated heterocycles. The van der Waals surface area contributed by atoms with Gasteiger partial charge in [-0.2, -0.15) is 16.7 Å². The molecule has 1 fully saturated rings. The van der Waals surface area contributed by atoms with E-state index in [1.807, 2.05) is 31.7 Å². The Morgan fingerprint density at radius 3 is 2.79 bits per heavy atom. The highest BCUT2D eigenvalue weighted by Gasteiger charge is 2.09. The Balaban J connectivity index is 1.81. The van der Waals surface area contributed by atoms with Crippen molar-refractivity contribution in [1.29, 1.82) is 0 Å². The summed E-state index contributed by atoms with van der Waals surface area (Å²) >= 11 is 2.05. The average molecular weight is 281 g/mol. The van der Waals surface area contributed by atoms with E-state index in [9.17, 15) is 0 Å². The number of nitrogens with one attached hydrogen (secondary N) is 2. The summed E-state index contributed by atoms with van der Waals surface area (Å²) in [6.45, 7) is 9.32. The SMILES string of the molecule is CCNc1nc(C)cc(NCCN2CCSCC2)n1. The molecule has 0 unspecified atom stereocenters. The molecule has 5 nitrogen and oxygen atoms in total. The maximum Gasteiger partial charge on any atom is 0.224 e. The van der Waals surface area contributed by atoms with Crippen LogP contribution in [0, 0.1) is 6.92 Å². The highest BCUT2D eigenvalue weighted by Crippen LogP contribution is 2.10. The van der Waals surface area contributed by atoms with E-state index in [0.29, 0.717) is 5.95 Å². The van der Waals surface area contributed by atoms with Gasteiger partial charge in [-0.25, -0.2) is 4.98 Å². The van der Waals surface area contributed by atoms with Crippen molar-refractivity contribution in [1.82, 2.24) is 14.9 Å². The summed E-state index contributed by atoms with van der Waals surface area (Å²) in [5.41, 5.74) is 0.989. The van der Waals surface area contributed by atoms with Crippen LogP contribution >= 0.6 is 11.8 Å². The summed E-state index contributed by atoms with van der Waals surface area (Å²) in [5.74, 6) is 4.14. The molecule has 1 aromatic heterocycles. The Morgan fingerprint density at radius 2 is 2.05 bits per heavy atom. The van der Waals surface area contributed by atoms with Crippen LogP contribution in [-0.2, 0) is 0 Å². The highest BCUT2D eigenvalue weighted by molar-refractivity contribution is 7.99. The van der Waals surface area contributed by atoms with Crippen molar-refractivity contribution < 1.29 is 0 Å². The molecular formula is C13H23N5S. The summed E-state index contributed by atoms with van der Waals surface area (Å²) in [7, 11) is 0. The fourth-order valence-electron chi connectivity index (χ4n) is 2.06. The first-order valence-corrected chi connectivity index (χ1v) is 8.07. The van der Waals surface area contributed by atoms with Gasteiger partial charge < -0.3 is 10.6 Å². The van der Waals surface area contributed by atoms with Gasteiger partial charge >= 0.3 is 0 Å². The molecule has 0 bridgehead atoms. The molecule has 0 amide bonds. The zero-order valence-electron chi connectivity index (χ0n) is 11.8. The molecule has 1 aromatic rings. The third kappa shape index (κ3) is 4.87. The molecule has 0 aromatic carbocycles. The lowest BCUT2D eigenvalue weighted by Crippen LogP contribution is -2.36. The van der Waals surface area contributed by atoms with E-state index in [-0.39, 0.29) is 0 Å². The van der Waals surface area contributed by atoms with Crippen molar-refractivity contribution in [3.8, 4) is 0 Å². The molecular weight excluding hydrogens is 258 g/mol. The van der Waals surface area contributed by atoms with Gasteiger partial charge in [-0.3, -0.25) is 4.90 Å². The molecule has 19 heavy (non-hydrogen) atoms. The number of thioether (sulfide) groups is 1. The van der Waals surface area contributed by atoms with Crippen LogP contribution in [0.25, 0.3) is 0 Å². The Morgan fingerprint density at radius 1 is 1.26 bits per heavy atom. The summed E-state index contributed by atoms with van der Waals surface area (Å²) < 4.78 is 0. The number of nitrogens with zero attached hydrogens (tertiary/aromatic N) is 3. The van der Waals surface area contributed by atoms with Crippen molar-refractivity contribution in [3.63, 3.8) is 0 Å². The lowest BCUT2D eigenvalue weighted by Gasteiger charge is -2.26. The summed E-state index contributed by atoms with van der Waals surface area (Å²) in [6.07, 6.45) is 0. The van der Waals surface area contributed by atoms with Gasteiger partial charge in [0.25, 0.3) is 0 Å². The molecule has 2 heterocycles. The van der Waals surface area contributed by atoms with Crippen molar-refractivity contribution in [2.45, 2.75) is 13.8 Å². The Bertz CT molecular complexity index is 393. The van der Waals surface area contributed by atoms with Crippen molar-refractivity contribution in [2.24, 2.45) is 0 Å². The van der Waals surface area contributed by atoms with E-state index >= 15 is 0 Å². The first kappa shape index (κ1) is 14.4. The molecule has 0 aliphatic carbocycles. The molecule has 1 aliphatic heterocycles. The van der Waals surface area contributed by atoms with Gasteiger partial charge in [-0.15, -0.1) is 0 Å². The van der Waals surface area contributed by atoms with Crippen LogP contribution in [-0.4, -0.2) is 59.1 Å². The van der Waals surface area contributed by atoms with Crippen LogP contribution in [0.5, 0.6) is 0 Å². The minimum Gasteiger partial charge on any atom is -0.369 e. The van der Waals surface area contributed by atoms with E-state index < -0.39 is 0 Å². The Hall–Kier alpha value is -1.01. The topological polar surface area (TPSA) is 53.1 Å². The molecule has 0 spiro atoms. The number of aryl methyl sites for hydroxylation is 1. The molecule has 6 heteroatoms. The zero-order valence-corrected chi connectivity index (χ0v) is 12.6. The van der Waals surface area contributed by atoms with Gasteiger partial charge in [0, 0.05) is 56.0 Å². The molecule has 0 atom stereocenters. The minimum absolute atomic E-state index is 0.708. The van der Waals surface area contributed by atoms with Crippen LogP contribution in [0.1, 0.15) is 12.6 Å². The van der Waals surface area contributed by atoms with Crippen molar-refractivity contribution >= 4 is 23.5 Å². The van der Waals surface area contributed by atoms with Crippen LogP contribution in [0.4, 0.5) is 11.8 Å². The first-order chi connectivity index (χ1) is 9.28. The third-order valence-corrected chi connectivity index (χ3v) is 3.97. The van der Waals surface area contributed by atoms with Gasteiger partial charge in [0.05, 0.1) is 0 Å². The minimum atomic E-state index is 0.708. The number of hydrogen-bond acceptors (Lipinski definition) is 6. The highest BCUT2D eigenvalue weighted by atomic mass is 32.2. The Kier molecular flexibility index (Phi) is 5.72. The molecule has 0 radical (unpaired) electrons. The summed E-state index contributed by atoms with van der Waals surface area (Å²) in [6, 6.07) is 1.99. The number of anilines is 2. The van der Waals surface area contributed by atoms with Crippen molar-refractivity contribution in [3.05, 3.63) is 11.8 Å². The monoisotopic (exact) mass is 281 g/mol. The lowest BCUT2D eigenvalue weighted by molar-refractivity contribution is 0.314. The van der Waals surface area contributed by atoms with E-state index in [1.54, 1.807) is 0 Å². The molecule has 106 valence electrons. The lowest BCUT2D eigenvalue weighted by atomic mass is 10.4. The third-order valence-electron chi connectivity index (χ3n) is 3.03. The van der Waals surface area contributed by atoms with Crippen LogP contribution < -0.4 is 10.6 Å². The summed E-state index contributed by atoms with van der Waals surface area (Å²) in [4.78, 5) is 11.3. The van der Waals surface area contributed by atoms with Crippen molar-refractivity contribution in [2.75, 3.05) is 54.9 Å². The van der Waals surface area contributed by atoms with Gasteiger partial charge in [0.1, 0.15) is 5.82 Å². The van der Waals surface area contributed by atoms with Gasteiger partial charge in [0.15, 0.2) is 0 Å². The number of rotatable bonds is 6. The quantitative estimate of drug-likeness (QED) is 0.827. The summed E-state index contributed by atoms with van der Waals surface area (Å²) in [5, 5.41) is 6.55. The van der Waals surface area contributed by atoms with Gasteiger partial charge in [0.2, 0.25) is 5.95 Å². The second-order valence-electron chi connectivity index (χ2n) is 4.63. The van der Waals surface area contributed by atoms with E-state index in [1.165, 1.54) is 24.6 Å². The van der Waals surface area contributed by atoms with E-state index in [4.69, 9.17) is 0 Å². The predicted octanol–water partition coefficient (Wildman–Crippen LogP) is 1.68. The number of aromatic nitrogens is 2. The second kappa shape index (κ2) is 7.55. The second-order valence-corrected chi connectivity index (χ2v) is 5.85. The standard InChI is InChI=1S/C13H23N5S/c1-3-14-13-16-11(2)10-12(17-13)15-4-5-18-6-8-19-9-7-18/h10H,3-9H2,1-2H3,(H2,14,15,16,17). The van der Waals surface area contributed by atoms with Gasteiger partial charge in [-0.1, -0.05) is 0 Å². The average Bonchev–Trinajstić information content (AvgIpc) is 2.40. The van der Waals surface area contributed by atoms with Crippen LogP contribution in [0.3, 0.4) is 0 Å².